The highest BCUT2D eigenvalue weighted by molar-refractivity contribution is 5.64. The summed E-state index contributed by atoms with van der Waals surface area (Å²) in [5.74, 6) is 1.97. The third-order valence-electron chi connectivity index (χ3n) is 4.08. The molecule has 0 saturated heterocycles. The maximum atomic E-state index is 5.11. The van der Waals surface area contributed by atoms with E-state index in [9.17, 15) is 0 Å². The molecule has 1 aromatic carbocycles. The van der Waals surface area contributed by atoms with Crippen molar-refractivity contribution < 1.29 is 4.52 Å². The highest BCUT2D eigenvalue weighted by Crippen LogP contribution is 2.46. The summed E-state index contributed by atoms with van der Waals surface area (Å²) in [6, 6.07) is 6.48. The maximum absolute atomic E-state index is 5.11. The van der Waals surface area contributed by atoms with Crippen molar-refractivity contribution in [2.45, 2.75) is 46.5 Å². The molecule has 1 atom stereocenters. The van der Waals surface area contributed by atoms with Gasteiger partial charge < -0.3 is 4.52 Å². The van der Waals surface area contributed by atoms with Gasteiger partial charge in [0, 0.05) is 12.5 Å². The van der Waals surface area contributed by atoms with Crippen molar-refractivity contribution in [2.24, 2.45) is 5.41 Å². The molecule has 0 fully saturated rings. The van der Waals surface area contributed by atoms with E-state index in [0.29, 0.717) is 17.2 Å². The monoisotopic (exact) mass is 256 g/mol. The number of aromatic nitrogens is 2. The molecule has 0 saturated carbocycles. The van der Waals surface area contributed by atoms with Crippen molar-refractivity contribution in [1.29, 1.82) is 0 Å². The minimum atomic E-state index is 0.303. The number of benzene rings is 1. The van der Waals surface area contributed by atoms with Crippen molar-refractivity contribution in [1.82, 2.24) is 10.1 Å². The van der Waals surface area contributed by atoms with Crippen molar-refractivity contribution >= 4 is 0 Å². The molecule has 1 heterocycles. The van der Waals surface area contributed by atoms with Gasteiger partial charge in [0.2, 0.25) is 11.7 Å². The molecule has 0 bridgehead atoms. The summed E-state index contributed by atoms with van der Waals surface area (Å²) in [7, 11) is 0. The minimum absolute atomic E-state index is 0.303. The normalized spacial score (nSPS) is 18.6. The molecule has 2 aromatic rings. The first-order valence-corrected chi connectivity index (χ1v) is 6.89. The Morgan fingerprint density at radius 2 is 2.05 bits per heavy atom. The van der Waals surface area contributed by atoms with Gasteiger partial charge in [-0.2, -0.15) is 4.98 Å². The Balaban J connectivity index is 2.09. The Kier molecular flexibility index (Phi) is 2.73. The van der Waals surface area contributed by atoms with Crippen molar-refractivity contribution in [3.8, 4) is 11.4 Å². The van der Waals surface area contributed by atoms with E-state index in [1.54, 1.807) is 0 Å². The molecule has 0 unspecified atom stereocenters. The Bertz CT molecular complexity index is 607. The third kappa shape index (κ3) is 2.07. The summed E-state index contributed by atoms with van der Waals surface area (Å²) in [4.78, 5) is 4.37. The predicted molar refractivity (Wildman–Crippen MR) is 75.0 cm³/mol. The highest BCUT2D eigenvalue weighted by atomic mass is 16.5. The van der Waals surface area contributed by atoms with E-state index in [0.717, 1.165) is 17.8 Å². The number of hydrogen-bond acceptors (Lipinski definition) is 3. The van der Waals surface area contributed by atoms with E-state index >= 15 is 0 Å². The predicted octanol–water partition coefficient (Wildman–Crippen LogP) is 4.12. The van der Waals surface area contributed by atoms with Gasteiger partial charge in [-0.1, -0.05) is 44.1 Å². The van der Waals surface area contributed by atoms with Crippen molar-refractivity contribution in [3.05, 3.63) is 35.2 Å². The van der Waals surface area contributed by atoms with Crippen LogP contribution in [0, 0.1) is 12.3 Å². The van der Waals surface area contributed by atoms with E-state index in [1.807, 2.05) is 6.92 Å². The van der Waals surface area contributed by atoms with Gasteiger partial charge in [0.15, 0.2) is 0 Å². The zero-order valence-electron chi connectivity index (χ0n) is 12.0. The van der Waals surface area contributed by atoms with Crippen LogP contribution in [-0.2, 0) is 6.42 Å². The number of nitrogens with zero attached hydrogens (tertiary/aromatic N) is 2. The quantitative estimate of drug-likeness (QED) is 0.770. The van der Waals surface area contributed by atoms with Crippen LogP contribution in [0.4, 0.5) is 0 Å². The average Bonchev–Trinajstić information content (AvgIpc) is 2.93. The van der Waals surface area contributed by atoms with Crippen LogP contribution in [0.25, 0.3) is 11.4 Å². The average molecular weight is 256 g/mol. The summed E-state index contributed by atoms with van der Waals surface area (Å²) in [5, 5.41) is 4.06. The van der Waals surface area contributed by atoms with Crippen molar-refractivity contribution in [3.63, 3.8) is 0 Å². The molecule has 0 aliphatic heterocycles. The maximum Gasteiger partial charge on any atom is 0.223 e. The molecule has 1 aromatic heterocycles. The first-order chi connectivity index (χ1) is 8.97. The van der Waals surface area contributed by atoms with Crippen LogP contribution in [-0.4, -0.2) is 10.1 Å². The second-order valence-electron chi connectivity index (χ2n) is 6.47. The Labute approximate surface area is 114 Å². The van der Waals surface area contributed by atoms with Crippen LogP contribution in [0.3, 0.4) is 0 Å². The van der Waals surface area contributed by atoms with Crippen LogP contribution < -0.4 is 0 Å². The van der Waals surface area contributed by atoms with Gasteiger partial charge in [-0.3, -0.25) is 0 Å². The largest absolute Gasteiger partial charge is 0.339 e. The van der Waals surface area contributed by atoms with Crippen LogP contribution in [0.2, 0.25) is 0 Å². The minimum Gasteiger partial charge on any atom is -0.339 e. The lowest BCUT2D eigenvalue weighted by Crippen LogP contribution is -2.15. The van der Waals surface area contributed by atoms with Crippen molar-refractivity contribution in [2.75, 3.05) is 0 Å². The lowest BCUT2D eigenvalue weighted by atomic mass is 9.77. The molecule has 0 spiro atoms. The van der Waals surface area contributed by atoms with E-state index < -0.39 is 0 Å². The molecule has 0 radical (unpaired) electrons. The fourth-order valence-corrected chi connectivity index (χ4v) is 3.17. The van der Waals surface area contributed by atoms with Gasteiger partial charge in [0.1, 0.15) is 0 Å². The topological polar surface area (TPSA) is 38.9 Å². The second-order valence-corrected chi connectivity index (χ2v) is 6.47. The standard InChI is InChI=1S/C16H20N2O/c1-10-17-15(18-19-10)13-7-5-6-12-11(13)8-9-14(12)16(2,3)4/h5-7,14H,8-9H2,1-4H3/t14-/m0/s1. The summed E-state index contributed by atoms with van der Waals surface area (Å²) >= 11 is 0. The van der Waals surface area contributed by atoms with Gasteiger partial charge in [0.05, 0.1) is 0 Å². The SMILES string of the molecule is Cc1nc(-c2cccc3c2CC[C@@H]3C(C)(C)C)no1. The summed E-state index contributed by atoms with van der Waals surface area (Å²) in [6.45, 7) is 8.78. The number of fused-ring (bicyclic) bond motifs is 1. The summed E-state index contributed by atoms with van der Waals surface area (Å²) < 4.78 is 5.11. The second kappa shape index (κ2) is 4.19. The van der Waals surface area contributed by atoms with Gasteiger partial charge in [-0.15, -0.1) is 0 Å². The molecule has 0 N–H and O–H groups in total. The van der Waals surface area contributed by atoms with Gasteiger partial charge in [-0.25, -0.2) is 0 Å². The molecule has 1 aliphatic rings. The fourth-order valence-electron chi connectivity index (χ4n) is 3.17. The smallest absolute Gasteiger partial charge is 0.223 e. The molecular weight excluding hydrogens is 236 g/mol. The first kappa shape index (κ1) is 12.4. The van der Waals surface area contributed by atoms with Crippen LogP contribution >= 0.6 is 0 Å². The Hall–Kier alpha value is -1.64. The lowest BCUT2D eigenvalue weighted by Gasteiger charge is -2.27. The van der Waals surface area contributed by atoms with Crippen LogP contribution in [0.5, 0.6) is 0 Å². The molecule has 1 aliphatic carbocycles. The molecule has 3 rings (SSSR count). The van der Waals surface area contributed by atoms with E-state index in [-0.39, 0.29) is 0 Å². The Morgan fingerprint density at radius 1 is 1.26 bits per heavy atom. The summed E-state index contributed by atoms with van der Waals surface area (Å²) in [5.41, 5.74) is 4.31. The zero-order chi connectivity index (χ0) is 13.6. The van der Waals surface area contributed by atoms with Gasteiger partial charge in [-0.05, 0) is 35.3 Å². The molecule has 3 nitrogen and oxygen atoms in total. The Morgan fingerprint density at radius 3 is 2.68 bits per heavy atom. The van der Waals surface area contributed by atoms with E-state index in [4.69, 9.17) is 4.52 Å². The lowest BCUT2D eigenvalue weighted by molar-refractivity contribution is 0.319. The molecule has 100 valence electrons. The van der Waals surface area contributed by atoms with Gasteiger partial charge in [0.25, 0.3) is 0 Å². The van der Waals surface area contributed by atoms with E-state index in [1.165, 1.54) is 17.5 Å². The summed E-state index contributed by atoms with van der Waals surface area (Å²) in [6.07, 6.45) is 2.33. The molecule has 0 amide bonds. The van der Waals surface area contributed by atoms with Gasteiger partial charge >= 0.3 is 0 Å². The zero-order valence-corrected chi connectivity index (χ0v) is 12.0. The number of hydrogen-bond donors (Lipinski definition) is 0. The van der Waals surface area contributed by atoms with E-state index in [2.05, 4.69) is 49.1 Å². The molecular formula is C16H20N2O. The first-order valence-electron chi connectivity index (χ1n) is 6.89. The van der Waals surface area contributed by atoms with Crippen LogP contribution in [0.15, 0.2) is 22.7 Å². The molecule has 19 heavy (non-hydrogen) atoms. The highest BCUT2D eigenvalue weighted by Gasteiger charge is 2.33. The fraction of sp³-hybridized carbons (Fsp3) is 0.500. The third-order valence-corrected chi connectivity index (χ3v) is 4.08. The molecule has 3 heteroatoms. The number of rotatable bonds is 1. The van der Waals surface area contributed by atoms with Crippen LogP contribution in [0.1, 0.15) is 50.1 Å². The number of aryl methyl sites for hydroxylation is 1.